The molecule has 33 heavy (non-hydrogen) atoms. The molecule has 0 heterocycles. The lowest BCUT2D eigenvalue weighted by Crippen LogP contribution is -3.18. The monoisotopic (exact) mass is 538 g/mol. The van der Waals surface area contributed by atoms with E-state index in [-0.39, 0.29) is 6.42 Å². The molecule has 0 amide bonds. The number of quaternary nitrogens is 2. The molecule has 0 aliphatic heterocycles. The van der Waals surface area contributed by atoms with Gasteiger partial charge in [-0.3, -0.25) is 0 Å². The molecule has 0 aromatic carbocycles. The highest BCUT2D eigenvalue weighted by atomic mass is 32.3. The SMILES string of the molecule is CCCCCCC[N+](C)(CC)CC.CCCCC[NH+](S(=O)(=O)C(F)(F)F)S(=O)(=O)C(F)(F)F. The van der Waals surface area contributed by atoms with Gasteiger partial charge in [0.25, 0.3) is 0 Å². The smallest absolute Gasteiger partial charge is 0.327 e. The summed E-state index contributed by atoms with van der Waals surface area (Å²) in [6, 6.07) is 0. The van der Waals surface area contributed by atoms with Crippen molar-refractivity contribution in [2.75, 3.05) is 33.2 Å². The van der Waals surface area contributed by atoms with E-state index in [1.807, 2.05) is 0 Å². The van der Waals surface area contributed by atoms with Crippen molar-refractivity contribution >= 4 is 20.0 Å². The average molecular weight is 539 g/mol. The Morgan fingerprint density at radius 2 is 1.00 bits per heavy atom. The Balaban J connectivity index is 0. The zero-order chi connectivity index (χ0) is 26.6. The van der Waals surface area contributed by atoms with E-state index in [2.05, 4.69) is 27.8 Å². The Hall–Kier alpha value is -0.600. The van der Waals surface area contributed by atoms with E-state index in [1.54, 1.807) is 6.92 Å². The minimum atomic E-state index is -6.55. The minimum absolute atomic E-state index is 0.0876. The molecule has 0 rings (SSSR count). The van der Waals surface area contributed by atoms with Gasteiger partial charge in [0.05, 0.1) is 26.7 Å². The Kier molecular flexibility index (Phi) is 15.4. The molecule has 0 aromatic rings. The largest absolute Gasteiger partial charge is 0.550 e. The van der Waals surface area contributed by atoms with Gasteiger partial charge in [-0.2, -0.15) is 43.2 Å². The van der Waals surface area contributed by atoms with Gasteiger partial charge < -0.3 is 4.48 Å². The molecule has 0 aliphatic rings. The maximum Gasteiger partial charge on any atom is 0.550 e. The first-order chi connectivity index (χ1) is 14.9. The van der Waals surface area contributed by atoms with Crippen molar-refractivity contribution in [3.05, 3.63) is 0 Å². The average Bonchev–Trinajstić information content (AvgIpc) is 2.69. The number of rotatable bonds is 14. The second-order valence-electron chi connectivity index (χ2n) is 8.12. The van der Waals surface area contributed by atoms with Crippen LogP contribution in [0.3, 0.4) is 0 Å². The van der Waals surface area contributed by atoms with Crippen molar-refractivity contribution in [1.29, 1.82) is 0 Å². The lowest BCUT2D eigenvalue weighted by atomic mass is 10.1. The van der Waals surface area contributed by atoms with Gasteiger partial charge in [0.2, 0.25) is 0 Å². The van der Waals surface area contributed by atoms with Crippen LogP contribution in [0.25, 0.3) is 0 Å². The maximum absolute atomic E-state index is 12.3. The lowest BCUT2D eigenvalue weighted by molar-refractivity contribution is -0.906. The van der Waals surface area contributed by atoms with Gasteiger partial charge in [-0.15, -0.1) is 3.71 Å². The predicted molar refractivity (Wildman–Crippen MR) is 116 cm³/mol. The molecule has 0 saturated carbocycles. The zero-order valence-corrected chi connectivity index (χ0v) is 21.8. The van der Waals surface area contributed by atoms with Crippen LogP contribution in [-0.2, 0) is 20.0 Å². The van der Waals surface area contributed by atoms with Crippen LogP contribution in [0, 0.1) is 0 Å². The molecule has 0 aliphatic carbocycles. The van der Waals surface area contributed by atoms with Crippen molar-refractivity contribution in [2.45, 2.75) is 90.1 Å². The molecule has 0 unspecified atom stereocenters. The zero-order valence-electron chi connectivity index (χ0n) is 20.1. The third-order valence-corrected chi connectivity index (χ3v) is 9.66. The van der Waals surface area contributed by atoms with Gasteiger partial charge in [0, 0.05) is 0 Å². The number of sulfonamides is 2. The maximum atomic E-state index is 12.3. The first-order valence-electron chi connectivity index (χ1n) is 11.2. The summed E-state index contributed by atoms with van der Waals surface area (Å²) in [4.78, 5) is 0. The normalized spacial score (nSPS) is 13.7. The number of hydrogen-bond acceptors (Lipinski definition) is 4. The number of unbranched alkanes of at least 4 members (excludes halogenated alkanes) is 6. The third-order valence-electron chi connectivity index (χ3n) is 5.52. The Labute approximate surface area is 195 Å². The van der Waals surface area contributed by atoms with Gasteiger partial charge >= 0.3 is 31.1 Å². The molecule has 202 valence electrons. The van der Waals surface area contributed by atoms with E-state index in [1.165, 1.54) is 56.2 Å². The fourth-order valence-corrected chi connectivity index (χ4v) is 5.89. The summed E-state index contributed by atoms with van der Waals surface area (Å²) in [5.74, 6) is 0. The van der Waals surface area contributed by atoms with Crippen LogP contribution in [0.4, 0.5) is 26.3 Å². The number of halogens is 6. The molecular formula is C19H40F6N2O4S2+2. The van der Waals surface area contributed by atoms with E-state index in [0.29, 0.717) is 6.42 Å². The molecule has 14 heteroatoms. The molecule has 1 N–H and O–H groups in total. The van der Waals surface area contributed by atoms with Crippen LogP contribution in [-0.4, -0.2) is 65.6 Å². The van der Waals surface area contributed by atoms with E-state index in [4.69, 9.17) is 0 Å². The number of nitrogens with zero attached hydrogens (tertiary/aromatic N) is 1. The fourth-order valence-electron chi connectivity index (χ4n) is 2.83. The summed E-state index contributed by atoms with van der Waals surface area (Å²) in [5, 5.41) is 0. The number of alkyl halides is 6. The summed E-state index contributed by atoms with van der Waals surface area (Å²) >= 11 is 0. The summed E-state index contributed by atoms with van der Waals surface area (Å²) in [6.45, 7) is 11.0. The highest BCUT2D eigenvalue weighted by Crippen LogP contribution is 2.24. The fraction of sp³-hybridized carbons (Fsp3) is 1.00. The Morgan fingerprint density at radius 3 is 1.33 bits per heavy atom. The topological polar surface area (TPSA) is 72.7 Å². The van der Waals surface area contributed by atoms with Crippen LogP contribution in [0.15, 0.2) is 0 Å². The molecule has 0 bridgehead atoms. The van der Waals surface area contributed by atoms with E-state index in [0.717, 1.165) is 0 Å². The van der Waals surface area contributed by atoms with E-state index < -0.39 is 47.7 Å². The van der Waals surface area contributed by atoms with Crippen molar-refractivity contribution in [2.24, 2.45) is 0 Å². The summed E-state index contributed by atoms with van der Waals surface area (Å²) < 4.78 is 116. The molecule has 0 spiro atoms. The van der Waals surface area contributed by atoms with E-state index in [9.17, 15) is 43.2 Å². The van der Waals surface area contributed by atoms with Gasteiger partial charge in [0.15, 0.2) is 0 Å². The van der Waals surface area contributed by atoms with Gasteiger partial charge in [-0.1, -0.05) is 39.5 Å². The standard InChI is InChI=1S/C12H28N.C7H11F6NO4S2/c1-5-8-9-10-11-12-13(4,6-2)7-3;1-2-3-4-5-14(19(15,16)6(8,9)10)20(17,18)7(11,12)13/h5-12H2,1-4H3;2-5H2,1H3/q+1;/p+1. The first-order valence-corrected chi connectivity index (χ1v) is 14.2. The van der Waals surface area contributed by atoms with Crippen molar-refractivity contribution in [1.82, 2.24) is 0 Å². The number of nitrogens with one attached hydrogen (secondary N) is 1. The summed E-state index contributed by atoms with van der Waals surface area (Å²) in [5.41, 5.74) is -12.2. The Morgan fingerprint density at radius 1 is 0.636 bits per heavy atom. The minimum Gasteiger partial charge on any atom is -0.327 e. The van der Waals surface area contributed by atoms with Crippen molar-refractivity contribution in [3.63, 3.8) is 0 Å². The number of hydrogen-bond donors (Lipinski definition) is 1. The molecular weight excluding hydrogens is 498 g/mol. The molecule has 6 nitrogen and oxygen atoms in total. The van der Waals surface area contributed by atoms with Crippen LogP contribution >= 0.6 is 0 Å². The molecule has 0 fully saturated rings. The van der Waals surface area contributed by atoms with Crippen LogP contribution in [0.1, 0.15) is 79.1 Å². The van der Waals surface area contributed by atoms with Crippen molar-refractivity contribution < 1.29 is 51.4 Å². The van der Waals surface area contributed by atoms with Gasteiger partial charge in [-0.05, 0) is 39.5 Å². The van der Waals surface area contributed by atoms with Crippen LogP contribution in [0.2, 0.25) is 0 Å². The molecule has 0 radical (unpaired) electrons. The summed E-state index contributed by atoms with van der Waals surface area (Å²) in [7, 11) is -10.7. The highest BCUT2D eigenvalue weighted by molar-refractivity contribution is 7.97. The quantitative estimate of drug-likeness (QED) is 0.204. The Bertz CT molecular complexity index is 690. The second kappa shape index (κ2) is 14.7. The molecule has 0 aromatic heterocycles. The van der Waals surface area contributed by atoms with Crippen molar-refractivity contribution in [3.8, 4) is 0 Å². The van der Waals surface area contributed by atoms with E-state index >= 15 is 0 Å². The molecule has 0 atom stereocenters. The first kappa shape index (κ1) is 34.6. The second-order valence-corrected chi connectivity index (χ2v) is 12.3. The third kappa shape index (κ3) is 11.6. The van der Waals surface area contributed by atoms with Gasteiger partial charge in [0.1, 0.15) is 6.54 Å². The summed E-state index contributed by atoms with van der Waals surface area (Å²) in [6.07, 6.45) is 7.07. The lowest BCUT2D eigenvalue weighted by Gasteiger charge is -2.32. The van der Waals surface area contributed by atoms with Gasteiger partial charge in [-0.25, -0.2) is 0 Å². The highest BCUT2D eigenvalue weighted by Gasteiger charge is 2.65. The van der Waals surface area contributed by atoms with Crippen LogP contribution < -0.4 is 3.71 Å². The van der Waals surface area contributed by atoms with Crippen LogP contribution in [0.5, 0.6) is 0 Å². The predicted octanol–water partition coefficient (Wildman–Crippen LogP) is 4.20. The molecule has 0 saturated heterocycles.